The fourth-order valence-electron chi connectivity index (χ4n) is 3.19. The topological polar surface area (TPSA) is 100 Å². The van der Waals surface area contributed by atoms with Crippen LogP contribution in [0, 0.1) is 10.1 Å². The predicted octanol–water partition coefficient (Wildman–Crippen LogP) is 2.60. The van der Waals surface area contributed by atoms with Crippen molar-refractivity contribution in [2.24, 2.45) is 0 Å². The van der Waals surface area contributed by atoms with E-state index in [-0.39, 0.29) is 23.7 Å². The summed E-state index contributed by atoms with van der Waals surface area (Å²) < 4.78 is 0. The third kappa shape index (κ3) is 4.22. The number of aromatic nitrogens is 1. The van der Waals surface area contributed by atoms with Crippen LogP contribution in [0.3, 0.4) is 0 Å². The number of hydrogen-bond donors (Lipinski definition) is 2. The molecule has 1 aliphatic rings. The molecule has 1 saturated heterocycles. The van der Waals surface area contributed by atoms with Crippen LogP contribution in [0.2, 0.25) is 0 Å². The Morgan fingerprint density at radius 2 is 2.22 bits per heavy atom. The SMILES string of the molecule is CC(Nc1ccc(C(=O)N2CCNC[C@@H]2C)cc1[N+](=O)[O-])c1ccccn1. The summed E-state index contributed by atoms with van der Waals surface area (Å²) in [6, 6.07) is 9.96. The quantitative estimate of drug-likeness (QED) is 0.621. The van der Waals surface area contributed by atoms with Crippen LogP contribution < -0.4 is 10.6 Å². The number of pyridine rings is 1. The molecule has 1 aromatic carbocycles. The number of hydrogen-bond acceptors (Lipinski definition) is 6. The van der Waals surface area contributed by atoms with Crippen LogP contribution in [0.1, 0.15) is 35.9 Å². The number of nitrogens with zero attached hydrogens (tertiary/aromatic N) is 3. The van der Waals surface area contributed by atoms with Gasteiger partial charge in [0, 0.05) is 43.5 Å². The second-order valence-electron chi connectivity index (χ2n) is 6.66. The number of nitrogens with one attached hydrogen (secondary N) is 2. The first kappa shape index (κ1) is 18.8. The molecule has 0 saturated carbocycles. The lowest BCUT2D eigenvalue weighted by molar-refractivity contribution is -0.384. The van der Waals surface area contributed by atoms with Gasteiger partial charge in [-0.15, -0.1) is 0 Å². The van der Waals surface area contributed by atoms with Crippen molar-refractivity contribution in [3.63, 3.8) is 0 Å². The van der Waals surface area contributed by atoms with Crippen molar-refractivity contribution in [2.45, 2.75) is 25.9 Å². The van der Waals surface area contributed by atoms with Crippen LogP contribution >= 0.6 is 0 Å². The monoisotopic (exact) mass is 369 g/mol. The van der Waals surface area contributed by atoms with E-state index in [2.05, 4.69) is 15.6 Å². The van der Waals surface area contributed by atoms with E-state index < -0.39 is 4.92 Å². The van der Waals surface area contributed by atoms with Crippen molar-refractivity contribution >= 4 is 17.3 Å². The number of benzene rings is 1. The molecule has 0 radical (unpaired) electrons. The molecule has 1 unspecified atom stereocenters. The molecular weight excluding hydrogens is 346 g/mol. The lowest BCUT2D eigenvalue weighted by atomic mass is 10.1. The van der Waals surface area contributed by atoms with Gasteiger partial charge in [-0.3, -0.25) is 19.9 Å². The molecule has 2 aromatic rings. The second kappa shape index (κ2) is 8.13. The van der Waals surface area contributed by atoms with Gasteiger partial charge in [-0.05, 0) is 38.1 Å². The van der Waals surface area contributed by atoms with Crippen LogP contribution in [-0.4, -0.2) is 46.4 Å². The molecular formula is C19H23N5O3. The molecule has 2 N–H and O–H groups in total. The Labute approximate surface area is 157 Å². The second-order valence-corrected chi connectivity index (χ2v) is 6.66. The zero-order valence-corrected chi connectivity index (χ0v) is 15.4. The van der Waals surface area contributed by atoms with Crippen LogP contribution in [0.4, 0.5) is 11.4 Å². The van der Waals surface area contributed by atoms with E-state index in [1.54, 1.807) is 23.2 Å². The molecule has 0 aliphatic carbocycles. The molecule has 1 aliphatic heterocycles. The summed E-state index contributed by atoms with van der Waals surface area (Å²) in [5.41, 5.74) is 1.35. The van der Waals surface area contributed by atoms with Gasteiger partial charge in [-0.2, -0.15) is 0 Å². The molecule has 1 fully saturated rings. The maximum absolute atomic E-state index is 12.8. The highest BCUT2D eigenvalue weighted by atomic mass is 16.6. The highest BCUT2D eigenvalue weighted by Crippen LogP contribution is 2.29. The number of nitro groups is 1. The Kier molecular flexibility index (Phi) is 5.66. The number of carbonyl (C=O) groups is 1. The fourth-order valence-corrected chi connectivity index (χ4v) is 3.19. The average molecular weight is 369 g/mol. The molecule has 2 heterocycles. The summed E-state index contributed by atoms with van der Waals surface area (Å²) >= 11 is 0. The van der Waals surface area contributed by atoms with Gasteiger partial charge in [-0.1, -0.05) is 6.07 Å². The molecule has 142 valence electrons. The lowest BCUT2D eigenvalue weighted by Gasteiger charge is -2.34. The molecule has 0 spiro atoms. The summed E-state index contributed by atoms with van der Waals surface area (Å²) in [5, 5.41) is 17.9. The molecule has 8 nitrogen and oxygen atoms in total. The smallest absolute Gasteiger partial charge is 0.293 e. The number of nitro benzene ring substituents is 1. The molecule has 8 heteroatoms. The van der Waals surface area contributed by atoms with E-state index in [9.17, 15) is 14.9 Å². The number of carbonyl (C=O) groups excluding carboxylic acids is 1. The number of rotatable bonds is 5. The lowest BCUT2D eigenvalue weighted by Crippen LogP contribution is -2.52. The molecule has 1 aromatic heterocycles. The van der Waals surface area contributed by atoms with Gasteiger partial charge in [0.2, 0.25) is 0 Å². The van der Waals surface area contributed by atoms with Gasteiger partial charge in [0.15, 0.2) is 0 Å². The van der Waals surface area contributed by atoms with Crippen molar-refractivity contribution < 1.29 is 9.72 Å². The molecule has 1 amide bonds. The van der Waals surface area contributed by atoms with E-state index in [0.29, 0.717) is 17.8 Å². The molecule has 2 atom stereocenters. The fraction of sp³-hybridized carbons (Fsp3) is 0.368. The Morgan fingerprint density at radius 1 is 1.41 bits per heavy atom. The summed E-state index contributed by atoms with van der Waals surface area (Å²) in [6.45, 7) is 5.87. The number of anilines is 1. The van der Waals surface area contributed by atoms with Crippen molar-refractivity contribution in [3.8, 4) is 0 Å². The van der Waals surface area contributed by atoms with Crippen molar-refractivity contribution in [3.05, 3.63) is 64.0 Å². The highest BCUT2D eigenvalue weighted by molar-refractivity contribution is 5.96. The minimum absolute atomic E-state index is 0.0484. The first-order valence-electron chi connectivity index (χ1n) is 8.95. The summed E-state index contributed by atoms with van der Waals surface area (Å²) in [6.07, 6.45) is 1.68. The zero-order valence-electron chi connectivity index (χ0n) is 15.4. The van der Waals surface area contributed by atoms with Gasteiger partial charge < -0.3 is 15.5 Å². The average Bonchev–Trinajstić information content (AvgIpc) is 2.68. The van der Waals surface area contributed by atoms with Gasteiger partial charge in [-0.25, -0.2) is 0 Å². The Bertz CT molecular complexity index is 827. The Hall–Kier alpha value is -3.00. The van der Waals surface area contributed by atoms with Gasteiger partial charge >= 0.3 is 0 Å². The van der Waals surface area contributed by atoms with Gasteiger partial charge in [0.1, 0.15) is 5.69 Å². The normalized spacial score (nSPS) is 18.0. The standard InChI is InChI=1S/C19H23N5O3/c1-13-12-20-9-10-23(13)19(25)15-6-7-17(18(11-15)24(26)27)22-14(2)16-5-3-4-8-21-16/h3-8,11,13-14,20,22H,9-10,12H2,1-2H3/t13-,14?/m0/s1. The largest absolute Gasteiger partial charge is 0.371 e. The van der Waals surface area contributed by atoms with Gasteiger partial charge in [0.25, 0.3) is 11.6 Å². The molecule has 0 bridgehead atoms. The van der Waals surface area contributed by atoms with Crippen LogP contribution in [0.15, 0.2) is 42.6 Å². The summed E-state index contributed by atoms with van der Waals surface area (Å²) in [7, 11) is 0. The number of piperazine rings is 1. The zero-order chi connectivity index (χ0) is 19.4. The van der Waals surface area contributed by atoms with Crippen molar-refractivity contribution in [2.75, 3.05) is 25.0 Å². The van der Waals surface area contributed by atoms with E-state index >= 15 is 0 Å². The molecule has 27 heavy (non-hydrogen) atoms. The number of amides is 1. The van der Waals surface area contributed by atoms with Crippen LogP contribution in [0.5, 0.6) is 0 Å². The Balaban J connectivity index is 1.84. The minimum atomic E-state index is -0.467. The molecule has 3 rings (SSSR count). The highest BCUT2D eigenvalue weighted by Gasteiger charge is 2.26. The third-order valence-electron chi connectivity index (χ3n) is 4.71. The van der Waals surface area contributed by atoms with Gasteiger partial charge in [0.05, 0.1) is 16.7 Å². The Morgan fingerprint density at radius 3 is 2.89 bits per heavy atom. The first-order valence-corrected chi connectivity index (χ1v) is 8.95. The first-order chi connectivity index (χ1) is 13.0. The van der Waals surface area contributed by atoms with E-state index in [1.165, 1.54) is 6.07 Å². The van der Waals surface area contributed by atoms with Crippen LogP contribution in [-0.2, 0) is 0 Å². The maximum Gasteiger partial charge on any atom is 0.293 e. The summed E-state index contributed by atoms with van der Waals surface area (Å²) in [4.78, 5) is 29.9. The maximum atomic E-state index is 12.8. The third-order valence-corrected chi connectivity index (χ3v) is 4.71. The predicted molar refractivity (Wildman–Crippen MR) is 103 cm³/mol. The van der Waals surface area contributed by atoms with E-state index in [0.717, 1.165) is 18.8 Å². The van der Waals surface area contributed by atoms with E-state index in [1.807, 2.05) is 32.0 Å². The van der Waals surface area contributed by atoms with Crippen LogP contribution in [0.25, 0.3) is 0 Å². The van der Waals surface area contributed by atoms with Crippen molar-refractivity contribution in [1.82, 2.24) is 15.2 Å². The van der Waals surface area contributed by atoms with Crippen molar-refractivity contribution in [1.29, 1.82) is 0 Å². The summed E-state index contributed by atoms with van der Waals surface area (Å²) in [5.74, 6) is -0.184. The minimum Gasteiger partial charge on any atom is -0.371 e. The van der Waals surface area contributed by atoms with E-state index in [4.69, 9.17) is 0 Å².